The number of benzene rings is 3. The van der Waals surface area contributed by atoms with Gasteiger partial charge < -0.3 is 9.64 Å². The van der Waals surface area contributed by atoms with Gasteiger partial charge in [0, 0.05) is 23.5 Å². The highest BCUT2D eigenvalue weighted by Gasteiger charge is 2.20. The first-order valence-corrected chi connectivity index (χ1v) is 12.1. The van der Waals surface area contributed by atoms with Gasteiger partial charge in [-0.2, -0.15) is 5.26 Å². The van der Waals surface area contributed by atoms with E-state index in [0.717, 1.165) is 28.3 Å². The van der Waals surface area contributed by atoms with Crippen LogP contribution in [0.2, 0.25) is 0 Å². The maximum atomic E-state index is 13.2. The summed E-state index contributed by atoms with van der Waals surface area (Å²) in [7, 11) is 1.63. The Morgan fingerprint density at radius 1 is 1.03 bits per heavy atom. The van der Waals surface area contributed by atoms with Crippen molar-refractivity contribution >= 4 is 23.4 Å². The number of carbonyl (C=O) groups is 1. The average molecular weight is 484 g/mol. The number of nitriles is 1. The Hall–Kier alpha value is -4.09. The molecule has 0 unspecified atom stereocenters. The predicted molar refractivity (Wildman–Crippen MR) is 138 cm³/mol. The molecule has 0 aliphatic heterocycles. The Morgan fingerprint density at radius 2 is 1.74 bits per heavy atom. The molecule has 0 bridgehead atoms. The van der Waals surface area contributed by atoms with Gasteiger partial charge in [0.15, 0.2) is 11.0 Å². The highest BCUT2D eigenvalue weighted by molar-refractivity contribution is 7.99. The molecular weight excluding hydrogens is 458 g/mol. The Morgan fingerprint density at radius 3 is 2.40 bits per heavy atom. The van der Waals surface area contributed by atoms with Gasteiger partial charge in [-0.25, -0.2) is 0 Å². The van der Waals surface area contributed by atoms with E-state index in [1.54, 1.807) is 12.0 Å². The van der Waals surface area contributed by atoms with Gasteiger partial charge >= 0.3 is 0 Å². The molecule has 35 heavy (non-hydrogen) atoms. The third-order valence-electron chi connectivity index (χ3n) is 5.41. The number of nitrogens with zero attached hydrogens (tertiary/aromatic N) is 5. The van der Waals surface area contributed by atoms with E-state index in [4.69, 9.17) is 10.00 Å². The summed E-state index contributed by atoms with van der Waals surface area (Å²) < 4.78 is 7.24. The molecule has 0 radical (unpaired) electrons. The lowest BCUT2D eigenvalue weighted by atomic mass is 10.2. The minimum absolute atomic E-state index is 0.0964. The number of aromatic nitrogens is 3. The van der Waals surface area contributed by atoms with Crippen LogP contribution in [-0.4, -0.2) is 40.1 Å². The zero-order chi connectivity index (χ0) is 24.6. The molecule has 1 heterocycles. The van der Waals surface area contributed by atoms with Crippen LogP contribution in [0.3, 0.4) is 0 Å². The van der Waals surface area contributed by atoms with E-state index in [2.05, 4.69) is 16.3 Å². The number of hydrogen-bond donors (Lipinski definition) is 0. The van der Waals surface area contributed by atoms with E-state index in [1.165, 1.54) is 11.8 Å². The van der Waals surface area contributed by atoms with Gasteiger partial charge in [-0.05, 0) is 55.5 Å². The minimum Gasteiger partial charge on any atom is -0.497 e. The fourth-order valence-corrected chi connectivity index (χ4v) is 4.42. The second-order valence-electron chi connectivity index (χ2n) is 7.78. The van der Waals surface area contributed by atoms with Crippen molar-refractivity contribution in [1.29, 1.82) is 5.26 Å². The number of rotatable bonds is 9. The van der Waals surface area contributed by atoms with E-state index in [9.17, 15) is 4.79 Å². The fourth-order valence-electron chi connectivity index (χ4n) is 3.59. The summed E-state index contributed by atoms with van der Waals surface area (Å²) in [6.07, 6.45) is 0.256. The van der Waals surface area contributed by atoms with Crippen LogP contribution in [0.1, 0.15) is 12.0 Å². The van der Waals surface area contributed by atoms with Crippen molar-refractivity contribution in [2.45, 2.75) is 18.5 Å². The second-order valence-corrected chi connectivity index (χ2v) is 8.73. The lowest BCUT2D eigenvalue weighted by molar-refractivity contribution is -0.116. The molecule has 1 aromatic heterocycles. The first-order valence-electron chi connectivity index (χ1n) is 11.1. The standard InChI is InChI=1S/C27H25N5O2S/c1-20-9-13-23(14-10-20)32-26(21-11-15-24(34-2)16-12-21)29-30-27(32)35-19-25(33)31(18-6-17-28)22-7-4-3-5-8-22/h3-5,7-16H,6,18-19H2,1-2H3. The van der Waals surface area contributed by atoms with Crippen LogP contribution in [0.4, 0.5) is 5.69 Å². The fraction of sp³-hybridized carbons (Fsp3) is 0.185. The van der Waals surface area contributed by atoms with Crippen LogP contribution in [0.5, 0.6) is 5.75 Å². The van der Waals surface area contributed by atoms with Crippen LogP contribution in [0.15, 0.2) is 84.0 Å². The molecule has 8 heteroatoms. The number of hydrogen-bond acceptors (Lipinski definition) is 6. The number of aryl methyl sites for hydroxylation is 1. The molecule has 4 rings (SSSR count). The summed E-state index contributed by atoms with van der Waals surface area (Å²) in [4.78, 5) is 14.8. The van der Waals surface area contributed by atoms with Crippen molar-refractivity contribution in [2.75, 3.05) is 24.3 Å². The summed E-state index contributed by atoms with van der Waals surface area (Å²) >= 11 is 1.32. The highest BCUT2D eigenvalue weighted by atomic mass is 32.2. The van der Waals surface area contributed by atoms with Crippen molar-refractivity contribution in [3.63, 3.8) is 0 Å². The number of thioether (sulfide) groups is 1. The van der Waals surface area contributed by atoms with E-state index in [1.807, 2.05) is 90.4 Å². The van der Waals surface area contributed by atoms with Crippen LogP contribution in [-0.2, 0) is 4.79 Å². The summed E-state index contributed by atoms with van der Waals surface area (Å²) in [5.74, 6) is 1.50. The monoisotopic (exact) mass is 483 g/mol. The Bertz CT molecular complexity index is 1310. The lowest BCUT2D eigenvalue weighted by Gasteiger charge is -2.21. The van der Waals surface area contributed by atoms with E-state index in [0.29, 0.717) is 17.5 Å². The third-order valence-corrected chi connectivity index (χ3v) is 6.33. The first kappa shape index (κ1) is 24.0. The zero-order valence-corrected chi connectivity index (χ0v) is 20.4. The maximum absolute atomic E-state index is 13.2. The highest BCUT2D eigenvalue weighted by Crippen LogP contribution is 2.29. The summed E-state index contributed by atoms with van der Waals surface area (Å²) in [5.41, 5.74) is 3.71. The van der Waals surface area contributed by atoms with Gasteiger partial charge in [-0.1, -0.05) is 47.7 Å². The summed E-state index contributed by atoms with van der Waals surface area (Å²) in [5, 5.41) is 18.5. The first-order chi connectivity index (χ1) is 17.1. The van der Waals surface area contributed by atoms with Gasteiger partial charge in [0.2, 0.25) is 5.91 Å². The number of methoxy groups -OCH3 is 1. The zero-order valence-electron chi connectivity index (χ0n) is 19.6. The molecule has 3 aromatic carbocycles. The molecule has 0 fully saturated rings. The quantitative estimate of drug-likeness (QED) is 0.301. The molecule has 0 saturated carbocycles. The number of amides is 1. The van der Waals surface area contributed by atoms with Crippen molar-refractivity contribution in [3.05, 3.63) is 84.4 Å². The van der Waals surface area contributed by atoms with Gasteiger partial charge in [-0.3, -0.25) is 9.36 Å². The van der Waals surface area contributed by atoms with Crippen LogP contribution in [0, 0.1) is 18.3 Å². The van der Waals surface area contributed by atoms with Gasteiger partial charge in [0.05, 0.1) is 25.4 Å². The molecule has 0 saturated heterocycles. The third kappa shape index (κ3) is 5.70. The number of para-hydroxylation sites is 1. The summed E-state index contributed by atoms with van der Waals surface area (Å²) in [6.45, 7) is 2.37. The molecule has 176 valence electrons. The number of anilines is 1. The van der Waals surface area contributed by atoms with Crippen molar-refractivity contribution in [1.82, 2.24) is 14.8 Å². The molecule has 7 nitrogen and oxygen atoms in total. The molecule has 4 aromatic rings. The average Bonchev–Trinajstić information content (AvgIpc) is 3.32. The minimum atomic E-state index is -0.0964. The Kier molecular flexibility index (Phi) is 7.81. The molecule has 0 atom stereocenters. The SMILES string of the molecule is COc1ccc(-c2nnc(SCC(=O)N(CCC#N)c3ccccc3)n2-c2ccc(C)cc2)cc1. The van der Waals surface area contributed by atoms with Crippen LogP contribution >= 0.6 is 11.8 Å². The largest absolute Gasteiger partial charge is 0.497 e. The summed E-state index contributed by atoms with van der Waals surface area (Å²) in [6, 6.07) is 27.3. The topological polar surface area (TPSA) is 84.0 Å². The van der Waals surface area contributed by atoms with E-state index < -0.39 is 0 Å². The molecule has 0 spiro atoms. The van der Waals surface area contributed by atoms with Crippen molar-refractivity contribution < 1.29 is 9.53 Å². The van der Waals surface area contributed by atoms with Crippen molar-refractivity contribution in [2.24, 2.45) is 0 Å². The van der Waals surface area contributed by atoms with Crippen LogP contribution in [0.25, 0.3) is 17.1 Å². The van der Waals surface area contributed by atoms with Gasteiger partial charge in [-0.15, -0.1) is 10.2 Å². The second kappa shape index (κ2) is 11.4. The Balaban J connectivity index is 1.63. The van der Waals surface area contributed by atoms with Crippen molar-refractivity contribution in [3.8, 4) is 28.9 Å². The molecule has 1 amide bonds. The molecule has 0 N–H and O–H groups in total. The Labute approximate surface area is 209 Å². The van der Waals surface area contributed by atoms with E-state index >= 15 is 0 Å². The maximum Gasteiger partial charge on any atom is 0.237 e. The number of ether oxygens (including phenoxy) is 1. The molecule has 0 aliphatic carbocycles. The molecule has 0 aliphatic rings. The van der Waals surface area contributed by atoms with Crippen LogP contribution < -0.4 is 9.64 Å². The predicted octanol–water partition coefficient (Wildman–Crippen LogP) is 5.29. The van der Waals surface area contributed by atoms with Gasteiger partial charge in [0.1, 0.15) is 5.75 Å². The van der Waals surface area contributed by atoms with E-state index in [-0.39, 0.29) is 18.1 Å². The lowest BCUT2D eigenvalue weighted by Crippen LogP contribution is -2.33. The smallest absolute Gasteiger partial charge is 0.237 e. The number of carbonyl (C=O) groups excluding carboxylic acids is 1. The molecular formula is C27H25N5O2S. The van der Waals surface area contributed by atoms with Gasteiger partial charge in [0.25, 0.3) is 0 Å². The normalized spacial score (nSPS) is 10.5.